The van der Waals surface area contributed by atoms with Crippen LogP contribution in [0, 0.1) is 0 Å². The van der Waals surface area contributed by atoms with E-state index < -0.39 is 0 Å². The van der Waals surface area contributed by atoms with Crippen LogP contribution in [0.3, 0.4) is 0 Å². The topological polar surface area (TPSA) is 30.7 Å². The smallest absolute Gasteiger partial charge is 0.225 e. The van der Waals surface area contributed by atoms with Gasteiger partial charge in [0, 0.05) is 6.20 Å². The molecule has 0 unspecified atom stereocenters. The summed E-state index contributed by atoms with van der Waals surface area (Å²) in [6.45, 7) is 0. The van der Waals surface area contributed by atoms with Gasteiger partial charge in [-0.2, -0.15) is 4.98 Å². The van der Waals surface area contributed by atoms with E-state index in [1.807, 2.05) is 0 Å². The Balaban J connectivity index is 2.89. The minimum absolute atomic E-state index is 0.0388. The van der Waals surface area contributed by atoms with E-state index in [-0.39, 0.29) is 33.4 Å². The van der Waals surface area contributed by atoms with Crippen LogP contribution in [0.25, 0.3) is 11.0 Å². The molecule has 0 radical (unpaired) electrons. The molecule has 0 aromatic carbocycles. The van der Waals surface area contributed by atoms with Gasteiger partial charge in [-0.15, -0.1) is 3.89 Å². The lowest BCUT2D eigenvalue weighted by atomic mass is 10.4. The molecule has 0 N–H and O–H groups in total. The minimum Gasteiger partial charge on any atom is -0.245 e. The number of hydrogen-bond acceptors (Lipinski definition) is 3. The van der Waals surface area contributed by atoms with Crippen LogP contribution in [0.4, 0.5) is 3.89 Å². The first-order valence-corrected chi connectivity index (χ1v) is 5.13. The summed E-state index contributed by atoms with van der Waals surface area (Å²) in [5.41, 5.74) is 0.257. The van der Waals surface area contributed by atoms with Gasteiger partial charge in [-0.05, 0) is 11.6 Å². The molecule has 3 nitrogen and oxygen atoms in total. The highest BCUT2D eigenvalue weighted by atomic mass is 35.5. The van der Waals surface area contributed by atoms with E-state index in [0.29, 0.717) is 5.39 Å². The van der Waals surface area contributed by atoms with E-state index in [0.717, 1.165) is 3.97 Å². The molecule has 0 amide bonds. The predicted molar refractivity (Wildman–Crippen MR) is 56.7 cm³/mol. The maximum atomic E-state index is 12.4. The Morgan fingerprint density at radius 2 is 2.00 bits per heavy atom. The van der Waals surface area contributed by atoms with E-state index >= 15 is 0 Å². The Bertz CT molecular complexity index is 501. The minimum atomic E-state index is -0.0485. The monoisotopic (exact) mass is 271 g/mol. The Labute approximate surface area is 97.6 Å². The lowest BCUT2D eigenvalue weighted by molar-refractivity contribution is 0.919. The van der Waals surface area contributed by atoms with Crippen molar-refractivity contribution < 1.29 is 3.89 Å². The van der Waals surface area contributed by atoms with E-state index in [2.05, 4.69) is 9.97 Å². The first-order chi connectivity index (χ1) is 6.63. The highest BCUT2D eigenvalue weighted by Gasteiger charge is 2.14. The van der Waals surface area contributed by atoms with Crippen molar-refractivity contribution in [2.24, 2.45) is 0 Å². The molecule has 2 aromatic rings. The molecule has 2 rings (SSSR count). The third-order valence-electron chi connectivity index (χ3n) is 1.57. The quantitative estimate of drug-likeness (QED) is 0.585. The molecular formula is C6HCl3FN3S. The third-order valence-corrected chi connectivity index (χ3v) is 2.73. The van der Waals surface area contributed by atoms with Gasteiger partial charge >= 0.3 is 0 Å². The van der Waals surface area contributed by atoms with Gasteiger partial charge in [0.2, 0.25) is 5.28 Å². The lowest BCUT2D eigenvalue weighted by Crippen LogP contribution is -1.88. The summed E-state index contributed by atoms with van der Waals surface area (Å²) in [6.07, 6.45) is 1.35. The van der Waals surface area contributed by atoms with Gasteiger partial charge in [-0.1, -0.05) is 23.2 Å². The van der Waals surface area contributed by atoms with Crippen LogP contribution >= 0.6 is 47.1 Å². The highest BCUT2D eigenvalue weighted by molar-refractivity contribution is 7.92. The number of hydrogen-bond donors (Lipinski definition) is 0. The van der Waals surface area contributed by atoms with Crippen LogP contribution in [0.5, 0.6) is 0 Å². The molecule has 2 heterocycles. The van der Waals surface area contributed by atoms with Crippen LogP contribution in [-0.4, -0.2) is 13.9 Å². The van der Waals surface area contributed by atoms with Crippen molar-refractivity contribution in [2.45, 2.75) is 0 Å². The van der Waals surface area contributed by atoms with Crippen molar-refractivity contribution in [3.63, 3.8) is 0 Å². The predicted octanol–water partition coefficient (Wildman–Crippen LogP) is 3.77. The Morgan fingerprint density at radius 1 is 1.29 bits per heavy atom. The normalized spacial score (nSPS) is 11.1. The van der Waals surface area contributed by atoms with Gasteiger partial charge in [-0.3, -0.25) is 0 Å². The first kappa shape index (κ1) is 10.3. The zero-order valence-corrected chi connectivity index (χ0v) is 9.42. The molecule has 0 aliphatic rings. The molecule has 8 heteroatoms. The van der Waals surface area contributed by atoms with E-state index in [1.54, 1.807) is 0 Å². The fourth-order valence-electron chi connectivity index (χ4n) is 1.04. The van der Waals surface area contributed by atoms with Crippen molar-refractivity contribution in [3.8, 4) is 0 Å². The van der Waals surface area contributed by atoms with Gasteiger partial charge in [0.15, 0.2) is 18.0 Å². The summed E-state index contributed by atoms with van der Waals surface area (Å²) in [6, 6.07) is 0. The van der Waals surface area contributed by atoms with Crippen LogP contribution in [0.1, 0.15) is 0 Å². The molecule has 0 atom stereocenters. The van der Waals surface area contributed by atoms with Crippen LogP contribution in [0.2, 0.25) is 15.5 Å². The van der Waals surface area contributed by atoms with Crippen molar-refractivity contribution >= 4 is 58.2 Å². The van der Waals surface area contributed by atoms with Crippen molar-refractivity contribution in [1.29, 1.82) is 0 Å². The zero-order chi connectivity index (χ0) is 10.3. The van der Waals surface area contributed by atoms with Gasteiger partial charge in [0.1, 0.15) is 5.15 Å². The summed E-state index contributed by atoms with van der Waals surface area (Å²) in [5.74, 6) is 0. The van der Waals surface area contributed by atoms with Crippen LogP contribution in [-0.2, 0) is 0 Å². The molecule has 74 valence electrons. The van der Waals surface area contributed by atoms with Crippen LogP contribution < -0.4 is 0 Å². The van der Waals surface area contributed by atoms with Gasteiger partial charge in [0.05, 0.1) is 10.4 Å². The average molecular weight is 273 g/mol. The van der Waals surface area contributed by atoms with Crippen molar-refractivity contribution in [2.75, 3.05) is 0 Å². The SMILES string of the molecule is FSn1cc(Cl)c2c(Cl)nc(Cl)nc21. The maximum absolute atomic E-state index is 12.4. The Kier molecular flexibility index (Phi) is 2.74. The fourth-order valence-corrected chi connectivity index (χ4v) is 2.24. The van der Waals surface area contributed by atoms with E-state index in [1.165, 1.54) is 6.20 Å². The van der Waals surface area contributed by atoms with Gasteiger partial charge in [0.25, 0.3) is 0 Å². The summed E-state index contributed by atoms with van der Waals surface area (Å²) < 4.78 is 13.5. The second kappa shape index (κ2) is 3.73. The standard InChI is InChI=1S/C6HCl3FN3S/c7-2-1-13(14-10)5-3(2)4(8)11-6(9)12-5/h1H. The second-order valence-corrected chi connectivity index (χ2v) is 3.99. The molecule has 0 saturated heterocycles. The van der Waals surface area contributed by atoms with Gasteiger partial charge in [-0.25, -0.2) is 8.96 Å². The molecule has 0 saturated carbocycles. The summed E-state index contributed by atoms with van der Waals surface area (Å²) in [7, 11) is 0. The van der Waals surface area contributed by atoms with Crippen molar-refractivity contribution in [3.05, 3.63) is 21.7 Å². The summed E-state index contributed by atoms with van der Waals surface area (Å²) >= 11 is 17.1. The molecular weight excluding hydrogens is 272 g/mol. The number of fused-ring (bicyclic) bond motifs is 1. The number of halogens is 4. The largest absolute Gasteiger partial charge is 0.245 e. The molecule has 0 fully saturated rings. The molecule has 0 spiro atoms. The third kappa shape index (κ3) is 1.54. The molecule has 0 aliphatic heterocycles. The van der Waals surface area contributed by atoms with E-state index in [9.17, 15) is 3.89 Å². The summed E-state index contributed by atoms with van der Waals surface area (Å²) in [4.78, 5) is 7.52. The molecule has 2 aromatic heterocycles. The Morgan fingerprint density at radius 3 is 2.64 bits per heavy atom. The highest BCUT2D eigenvalue weighted by Crippen LogP contribution is 2.33. The van der Waals surface area contributed by atoms with E-state index in [4.69, 9.17) is 34.8 Å². The zero-order valence-electron chi connectivity index (χ0n) is 6.34. The second-order valence-electron chi connectivity index (χ2n) is 2.35. The average Bonchev–Trinajstić information content (AvgIpc) is 2.42. The molecule has 0 bridgehead atoms. The maximum Gasteiger partial charge on any atom is 0.225 e. The first-order valence-electron chi connectivity index (χ1n) is 3.32. The number of aromatic nitrogens is 3. The molecule has 0 aliphatic carbocycles. The lowest BCUT2D eigenvalue weighted by Gasteiger charge is -1.96. The number of nitrogens with zero attached hydrogens (tertiary/aromatic N) is 3. The summed E-state index contributed by atoms with van der Waals surface area (Å²) in [5, 5.41) is 0.736. The fraction of sp³-hybridized carbons (Fsp3) is 0. The van der Waals surface area contributed by atoms with Crippen molar-refractivity contribution in [1.82, 2.24) is 13.9 Å². The Hall–Kier alpha value is -0.230. The van der Waals surface area contributed by atoms with Crippen LogP contribution in [0.15, 0.2) is 6.20 Å². The number of rotatable bonds is 1. The van der Waals surface area contributed by atoms with Gasteiger partial charge < -0.3 is 0 Å². The molecule has 14 heavy (non-hydrogen) atoms.